The Balaban J connectivity index is 0. The van der Waals surface area contributed by atoms with E-state index in [1.807, 2.05) is 41.5 Å². The van der Waals surface area contributed by atoms with Gasteiger partial charge in [-0.05, 0) is 54.4 Å². The Morgan fingerprint density at radius 1 is 0.846 bits per heavy atom. The Hall–Kier alpha value is -1.02. The molecule has 0 fully saturated rings. The van der Waals surface area contributed by atoms with E-state index >= 15 is 0 Å². The van der Waals surface area contributed by atoms with E-state index in [2.05, 4.69) is 15.9 Å². The largest absolute Gasteiger partial charge is 0.444 e. The number of carbonyl (C=O) groups excluding carboxylic acids is 2. The summed E-state index contributed by atoms with van der Waals surface area (Å²) in [7, 11) is 3.40. The number of aliphatic hydroxyl groups excluding tert-OH is 1. The molecule has 0 aliphatic heterocycles. The number of carbonyl (C=O) groups is 2. The van der Waals surface area contributed by atoms with Crippen LogP contribution in [0, 0.1) is 0 Å². The molecule has 0 saturated carbocycles. The minimum atomic E-state index is -0.454. The number of hydrogen-bond acceptors (Lipinski definition) is 5. The van der Waals surface area contributed by atoms with Crippen molar-refractivity contribution in [3.63, 3.8) is 0 Å². The van der Waals surface area contributed by atoms with Crippen molar-refractivity contribution >= 4 is 28.1 Å². The summed E-state index contributed by atoms with van der Waals surface area (Å²) in [6.45, 7) is 12.4. The van der Waals surface area contributed by atoms with Gasteiger partial charge in [0.05, 0.1) is 0 Å². The highest BCUT2D eigenvalue weighted by Gasteiger charge is 2.19. The van der Waals surface area contributed by atoms with Crippen LogP contribution in [-0.2, 0) is 9.47 Å². The number of aliphatic hydroxyl groups is 1. The second-order valence-electron chi connectivity index (χ2n) is 7.92. The molecule has 0 unspecified atom stereocenters. The zero-order chi connectivity index (χ0) is 21.0. The van der Waals surface area contributed by atoms with Crippen LogP contribution in [0.5, 0.6) is 0 Å². The average Bonchev–Trinajstić information content (AvgIpc) is 2.47. The number of ether oxygens (including phenoxy) is 2. The van der Waals surface area contributed by atoms with Crippen LogP contribution in [-0.4, -0.2) is 77.4 Å². The number of rotatable bonds is 6. The first-order chi connectivity index (χ1) is 11.7. The molecule has 0 aromatic carbocycles. The monoisotopic (exact) mass is 440 g/mol. The quantitative estimate of drug-likeness (QED) is 0.633. The van der Waals surface area contributed by atoms with Gasteiger partial charge in [-0.2, -0.15) is 0 Å². The lowest BCUT2D eigenvalue weighted by atomic mass is 10.2. The lowest BCUT2D eigenvalue weighted by Crippen LogP contribution is -2.34. The van der Waals surface area contributed by atoms with E-state index in [-0.39, 0.29) is 18.8 Å². The van der Waals surface area contributed by atoms with Crippen LogP contribution in [0.4, 0.5) is 9.59 Å². The van der Waals surface area contributed by atoms with Gasteiger partial charge in [-0.1, -0.05) is 15.9 Å². The van der Waals surface area contributed by atoms with E-state index in [4.69, 9.17) is 14.6 Å². The molecule has 0 heterocycles. The number of alkyl halides is 1. The molecule has 0 spiro atoms. The normalized spacial score (nSPS) is 11.2. The van der Waals surface area contributed by atoms with E-state index in [0.717, 1.165) is 18.3 Å². The maximum Gasteiger partial charge on any atom is 0.410 e. The predicted molar refractivity (Wildman–Crippen MR) is 108 cm³/mol. The summed E-state index contributed by atoms with van der Waals surface area (Å²) in [5, 5.41) is 9.45. The molecule has 0 aliphatic carbocycles. The number of amides is 2. The summed E-state index contributed by atoms with van der Waals surface area (Å²) >= 11 is 3.31. The first-order valence-electron chi connectivity index (χ1n) is 8.78. The zero-order valence-corrected chi connectivity index (χ0v) is 19.2. The lowest BCUT2D eigenvalue weighted by molar-refractivity contribution is 0.0283. The molecule has 7 nitrogen and oxygen atoms in total. The molecule has 0 atom stereocenters. The Morgan fingerprint density at radius 3 is 1.46 bits per heavy atom. The van der Waals surface area contributed by atoms with E-state index in [0.29, 0.717) is 13.0 Å². The van der Waals surface area contributed by atoms with Gasteiger partial charge in [-0.3, -0.25) is 0 Å². The van der Waals surface area contributed by atoms with Crippen molar-refractivity contribution in [2.75, 3.05) is 39.1 Å². The van der Waals surface area contributed by atoms with E-state index in [1.54, 1.807) is 19.0 Å². The third kappa shape index (κ3) is 17.8. The SMILES string of the molecule is CN(CCCBr)C(=O)OC(C)(C)C.CN(CCCO)C(=O)OC(C)(C)C. The molecule has 26 heavy (non-hydrogen) atoms. The molecule has 8 heteroatoms. The first kappa shape index (κ1) is 27.2. The lowest BCUT2D eigenvalue weighted by Gasteiger charge is -2.24. The average molecular weight is 441 g/mol. The van der Waals surface area contributed by atoms with Gasteiger partial charge >= 0.3 is 12.2 Å². The fourth-order valence-electron chi connectivity index (χ4n) is 1.47. The Bertz CT molecular complexity index is 367. The zero-order valence-electron chi connectivity index (χ0n) is 17.6. The first-order valence-corrected chi connectivity index (χ1v) is 9.90. The molecular weight excluding hydrogens is 404 g/mol. The maximum atomic E-state index is 11.4. The molecule has 1 N–H and O–H groups in total. The highest BCUT2D eigenvalue weighted by Crippen LogP contribution is 2.10. The molecule has 0 aromatic rings. The Kier molecular flexibility index (Phi) is 13.8. The van der Waals surface area contributed by atoms with Crippen molar-refractivity contribution in [2.24, 2.45) is 0 Å². The summed E-state index contributed by atoms with van der Waals surface area (Å²) in [6.07, 6.45) is 0.917. The summed E-state index contributed by atoms with van der Waals surface area (Å²) < 4.78 is 10.3. The fraction of sp³-hybridized carbons (Fsp3) is 0.889. The highest BCUT2D eigenvalue weighted by molar-refractivity contribution is 9.09. The summed E-state index contributed by atoms with van der Waals surface area (Å²) in [5.41, 5.74) is -0.857. The number of hydrogen-bond donors (Lipinski definition) is 1. The topological polar surface area (TPSA) is 79.3 Å². The molecule has 2 amide bonds. The molecule has 156 valence electrons. The summed E-state index contributed by atoms with van der Waals surface area (Å²) in [6, 6.07) is 0. The van der Waals surface area contributed by atoms with Crippen LogP contribution in [0.3, 0.4) is 0 Å². The van der Waals surface area contributed by atoms with Gasteiger partial charge in [0.2, 0.25) is 0 Å². The van der Waals surface area contributed by atoms with Gasteiger partial charge < -0.3 is 24.4 Å². The number of halogens is 1. The molecule has 0 bridgehead atoms. The third-order valence-electron chi connectivity index (χ3n) is 2.69. The minimum Gasteiger partial charge on any atom is -0.444 e. The fourth-order valence-corrected chi connectivity index (χ4v) is 1.72. The van der Waals surface area contributed by atoms with Crippen LogP contribution < -0.4 is 0 Å². The molecule has 0 radical (unpaired) electrons. The molecule has 0 rings (SSSR count). The van der Waals surface area contributed by atoms with Crippen LogP contribution in [0.1, 0.15) is 54.4 Å². The van der Waals surface area contributed by atoms with Gasteiger partial charge in [-0.15, -0.1) is 0 Å². The minimum absolute atomic E-state index is 0.0904. The maximum absolute atomic E-state index is 11.4. The van der Waals surface area contributed by atoms with Crippen molar-refractivity contribution in [2.45, 2.75) is 65.6 Å². The van der Waals surface area contributed by atoms with Crippen molar-refractivity contribution in [1.29, 1.82) is 0 Å². The van der Waals surface area contributed by atoms with E-state index in [9.17, 15) is 9.59 Å². The van der Waals surface area contributed by atoms with Gasteiger partial charge in [0.25, 0.3) is 0 Å². The van der Waals surface area contributed by atoms with Crippen LogP contribution >= 0.6 is 15.9 Å². The second kappa shape index (κ2) is 13.2. The summed E-state index contributed by atoms with van der Waals surface area (Å²) in [5.74, 6) is 0. The van der Waals surface area contributed by atoms with Crippen molar-refractivity contribution < 1.29 is 24.2 Å². The van der Waals surface area contributed by atoms with Crippen molar-refractivity contribution in [3.05, 3.63) is 0 Å². The molecule has 0 aromatic heterocycles. The van der Waals surface area contributed by atoms with Gasteiger partial charge in [0, 0.05) is 39.1 Å². The van der Waals surface area contributed by atoms with Gasteiger partial charge in [-0.25, -0.2) is 9.59 Å². The van der Waals surface area contributed by atoms with Gasteiger partial charge in [0.1, 0.15) is 11.2 Å². The van der Waals surface area contributed by atoms with Crippen molar-refractivity contribution in [1.82, 2.24) is 9.80 Å². The van der Waals surface area contributed by atoms with Crippen LogP contribution in [0.2, 0.25) is 0 Å². The van der Waals surface area contributed by atoms with Crippen LogP contribution in [0.25, 0.3) is 0 Å². The molecule has 0 saturated heterocycles. The number of nitrogens with zero attached hydrogens (tertiary/aromatic N) is 2. The highest BCUT2D eigenvalue weighted by atomic mass is 79.9. The smallest absolute Gasteiger partial charge is 0.410 e. The Morgan fingerprint density at radius 2 is 1.19 bits per heavy atom. The summed E-state index contributed by atoms with van der Waals surface area (Å²) in [4.78, 5) is 25.7. The molecule has 0 aliphatic rings. The third-order valence-corrected chi connectivity index (χ3v) is 3.25. The predicted octanol–water partition coefficient (Wildman–Crippen LogP) is 3.87. The van der Waals surface area contributed by atoms with Crippen molar-refractivity contribution in [3.8, 4) is 0 Å². The standard InChI is InChI=1S/C9H18BrNO2.C9H19NO3/c1-9(2,3)13-8(12)11(4)7-5-6-10;1-9(2,3)13-8(12)10(4)6-5-7-11/h5-7H2,1-4H3;11H,5-7H2,1-4H3. The van der Waals surface area contributed by atoms with E-state index in [1.165, 1.54) is 4.90 Å². The second-order valence-corrected chi connectivity index (χ2v) is 8.72. The van der Waals surface area contributed by atoms with E-state index < -0.39 is 11.2 Å². The van der Waals surface area contributed by atoms with Gasteiger partial charge in [0.15, 0.2) is 0 Å². The van der Waals surface area contributed by atoms with Crippen LogP contribution in [0.15, 0.2) is 0 Å². The molecular formula is C18H37BrN2O5. The Labute approximate surface area is 167 Å².